The molecule has 0 bridgehead atoms. The topological polar surface area (TPSA) is 29.1 Å². The van der Waals surface area contributed by atoms with Gasteiger partial charge in [-0.25, -0.2) is 0 Å². The van der Waals surface area contributed by atoms with Crippen molar-refractivity contribution in [3.05, 3.63) is 28.8 Å². The number of amides is 1. The minimum absolute atomic E-state index is 0.120. The lowest BCUT2D eigenvalue weighted by molar-refractivity contribution is -0.117. The van der Waals surface area contributed by atoms with Gasteiger partial charge in [-0.3, -0.25) is 4.79 Å². The zero-order valence-electron chi connectivity index (χ0n) is 20.0. The van der Waals surface area contributed by atoms with Gasteiger partial charge in [-0.2, -0.15) is 0 Å². The second-order valence-electron chi connectivity index (χ2n) is 8.96. The van der Waals surface area contributed by atoms with Gasteiger partial charge in [0.2, 0.25) is 5.91 Å². The summed E-state index contributed by atoms with van der Waals surface area (Å²) >= 11 is 1.79. The van der Waals surface area contributed by atoms with E-state index in [4.69, 9.17) is 0 Å². The molecule has 0 spiro atoms. The minimum Gasteiger partial charge on any atom is -0.325 e. The van der Waals surface area contributed by atoms with Crippen molar-refractivity contribution in [2.24, 2.45) is 0 Å². The van der Waals surface area contributed by atoms with E-state index in [0.717, 1.165) is 17.9 Å². The van der Waals surface area contributed by atoms with Gasteiger partial charge in [-0.05, 0) is 69.0 Å². The summed E-state index contributed by atoms with van der Waals surface area (Å²) in [5, 5.41) is 3.21. The summed E-state index contributed by atoms with van der Waals surface area (Å²) in [6.07, 6.45) is 14.5. The highest BCUT2D eigenvalue weighted by Crippen LogP contribution is 2.29. The lowest BCUT2D eigenvalue weighted by Crippen LogP contribution is -2.34. The Morgan fingerprint density at radius 2 is 1.45 bits per heavy atom. The van der Waals surface area contributed by atoms with Crippen LogP contribution in [0.2, 0.25) is 0 Å². The van der Waals surface area contributed by atoms with Crippen molar-refractivity contribution in [3.63, 3.8) is 0 Å². The number of anilines is 1. The maximum atomic E-state index is 12.9. The first-order chi connectivity index (χ1) is 13.8. The Morgan fingerprint density at radius 1 is 0.897 bits per heavy atom. The number of nitrogens with one attached hydrogen (secondary N) is 1. The molecule has 0 heterocycles. The van der Waals surface area contributed by atoms with Crippen LogP contribution in [-0.4, -0.2) is 16.4 Å². The largest absolute Gasteiger partial charge is 0.325 e. The highest BCUT2D eigenvalue weighted by Gasteiger charge is 2.28. The molecular weight excluding hydrogens is 374 g/mol. The average Bonchev–Trinajstić information content (AvgIpc) is 2.65. The van der Waals surface area contributed by atoms with Crippen molar-refractivity contribution >= 4 is 23.4 Å². The third kappa shape index (κ3) is 10.1. The molecule has 3 heteroatoms. The molecule has 0 saturated heterocycles. The fraction of sp³-hybridized carbons (Fsp3) is 0.731. The first-order valence-corrected chi connectivity index (χ1v) is 12.9. The molecule has 29 heavy (non-hydrogen) atoms. The Bertz CT molecular complexity index is 609. The number of rotatable bonds is 15. The van der Waals surface area contributed by atoms with Crippen LogP contribution in [0.25, 0.3) is 0 Å². The summed E-state index contributed by atoms with van der Waals surface area (Å²) < 4.78 is -0.401. The number of aryl methyl sites for hydroxylation is 2. The van der Waals surface area contributed by atoms with E-state index in [1.165, 1.54) is 80.9 Å². The summed E-state index contributed by atoms with van der Waals surface area (Å²) in [7, 11) is 0. The zero-order chi connectivity index (χ0) is 21.7. The number of carbonyl (C=O) groups is 1. The van der Waals surface area contributed by atoms with Gasteiger partial charge >= 0.3 is 0 Å². The van der Waals surface area contributed by atoms with Gasteiger partial charge in [0.15, 0.2) is 0 Å². The first kappa shape index (κ1) is 26.1. The molecule has 1 rings (SSSR count). The van der Waals surface area contributed by atoms with Gasteiger partial charge in [0.25, 0.3) is 0 Å². The lowest BCUT2D eigenvalue weighted by Gasteiger charge is -2.24. The number of benzene rings is 1. The monoisotopic (exact) mass is 419 g/mol. The second-order valence-corrected chi connectivity index (χ2v) is 10.7. The minimum atomic E-state index is -0.401. The average molecular weight is 420 g/mol. The molecular formula is C26H45NOS. The molecule has 1 N–H and O–H groups in total. The van der Waals surface area contributed by atoms with Crippen molar-refractivity contribution in [3.8, 4) is 0 Å². The van der Waals surface area contributed by atoms with Crippen LogP contribution in [0.4, 0.5) is 5.69 Å². The molecule has 0 aromatic heterocycles. The highest BCUT2D eigenvalue weighted by atomic mass is 32.2. The van der Waals surface area contributed by atoms with E-state index < -0.39 is 4.75 Å². The SMILES string of the molecule is CCCCCCCCCCCCSC(C)(C)C(=O)Nc1cc(C)cc(C)c1CC. The van der Waals surface area contributed by atoms with Gasteiger partial charge in [0.05, 0.1) is 4.75 Å². The van der Waals surface area contributed by atoms with Gasteiger partial charge in [0, 0.05) is 5.69 Å². The van der Waals surface area contributed by atoms with Gasteiger partial charge in [-0.15, -0.1) is 11.8 Å². The van der Waals surface area contributed by atoms with Crippen LogP contribution in [0.1, 0.15) is 109 Å². The van der Waals surface area contributed by atoms with Gasteiger partial charge in [-0.1, -0.05) is 77.7 Å². The maximum absolute atomic E-state index is 12.9. The predicted octanol–water partition coefficient (Wildman–Crippen LogP) is 8.24. The Labute approximate surface area is 185 Å². The molecule has 0 saturated carbocycles. The first-order valence-electron chi connectivity index (χ1n) is 11.9. The molecule has 1 amide bonds. The van der Waals surface area contributed by atoms with Crippen LogP contribution >= 0.6 is 11.8 Å². The van der Waals surface area contributed by atoms with Crippen molar-refractivity contribution < 1.29 is 4.79 Å². The van der Waals surface area contributed by atoms with E-state index in [0.29, 0.717) is 0 Å². The molecule has 2 nitrogen and oxygen atoms in total. The third-order valence-electron chi connectivity index (χ3n) is 5.73. The molecule has 1 aromatic rings. The van der Waals surface area contributed by atoms with Crippen LogP contribution in [0, 0.1) is 13.8 Å². The van der Waals surface area contributed by atoms with Gasteiger partial charge in [0.1, 0.15) is 0 Å². The summed E-state index contributed by atoms with van der Waals surface area (Å²) in [6, 6.07) is 4.30. The summed E-state index contributed by atoms with van der Waals surface area (Å²) in [5.74, 6) is 1.18. The predicted molar refractivity (Wildman–Crippen MR) is 132 cm³/mol. The molecule has 166 valence electrons. The van der Waals surface area contributed by atoms with Crippen molar-refractivity contribution in [2.75, 3.05) is 11.1 Å². The standard InChI is InChI=1S/C26H45NOS/c1-7-9-10-11-12-13-14-15-16-17-18-29-26(5,6)25(28)27-24-20-21(3)19-22(4)23(24)8-2/h19-20H,7-18H2,1-6H3,(H,27,28). The quantitative estimate of drug-likeness (QED) is 0.290. The van der Waals surface area contributed by atoms with E-state index in [1.54, 1.807) is 11.8 Å². The van der Waals surface area contributed by atoms with Crippen LogP contribution in [0.5, 0.6) is 0 Å². The molecule has 0 aliphatic heterocycles. The summed E-state index contributed by atoms with van der Waals surface area (Å²) in [4.78, 5) is 12.9. The zero-order valence-corrected chi connectivity index (χ0v) is 20.8. The third-order valence-corrected chi connectivity index (χ3v) is 7.13. The molecule has 0 aliphatic carbocycles. The fourth-order valence-electron chi connectivity index (χ4n) is 3.83. The Hall–Kier alpha value is -0.960. The van der Waals surface area contributed by atoms with Crippen LogP contribution in [-0.2, 0) is 11.2 Å². The van der Waals surface area contributed by atoms with Crippen LogP contribution in [0.15, 0.2) is 12.1 Å². The summed E-state index contributed by atoms with van der Waals surface area (Å²) in [5.41, 5.74) is 4.70. The molecule has 0 aliphatic rings. The number of unbranched alkanes of at least 4 members (excludes halogenated alkanes) is 9. The lowest BCUT2D eigenvalue weighted by atomic mass is 10.0. The van der Waals surface area contributed by atoms with Gasteiger partial charge < -0.3 is 5.32 Å². The molecule has 0 atom stereocenters. The molecule has 0 radical (unpaired) electrons. The maximum Gasteiger partial charge on any atom is 0.240 e. The Kier molecular flexibility index (Phi) is 12.7. The van der Waals surface area contributed by atoms with E-state index in [2.05, 4.69) is 59.0 Å². The Morgan fingerprint density at radius 3 is 2.00 bits per heavy atom. The number of hydrogen-bond acceptors (Lipinski definition) is 2. The second kappa shape index (κ2) is 14.1. The van der Waals surface area contributed by atoms with Crippen molar-refractivity contribution in [1.29, 1.82) is 0 Å². The molecule has 0 unspecified atom stereocenters. The summed E-state index contributed by atoms with van der Waals surface area (Å²) in [6.45, 7) is 12.8. The number of hydrogen-bond donors (Lipinski definition) is 1. The fourth-order valence-corrected chi connectivity index (χ4v) is 4.87. The van der Waals surface area contributed by atoms with Crippen molar-refractivity contribution in [2.45, 2.75) is 117 Å². The van der Waals surface area contributed by atoms with E-state index in [1.807, 2.05) is 0 Å². The van der Waals surface area contributed by atoms with E-state index >= 15 is 0 Å². The molecule has 0 fully saturated rings. The normalized spacial score (nSPS) is 11.7. The highest BCUT2D eigenvalue weighted by molar-refractivity contribution is 8.01. The Balaban J connectivity index is 2.30. The number of carbonyl (C=O) groups excluding carboxylic acids is 1. The molecule has 1 aromatic carbocycles. The van der Waals surface area contributed by atoms with Crippen LogP contribution in [0.3, 0.4) is 0 Å². The van der Waals surface area contributed by atoms with Crippen molar-refractivity contribution in [1.82, 2.24) is 0 Å². The van der Waals surface area contributed by atoms with E-state index in [-0.39, 0.29) is 5.91 Å². The van der Waals surface area contributed by atoms with E-state index in [9.17, 15) is 4.79 Å². The van der Waals surface area contributed by atoms with Crippen LogP contribution < -0.4 is 5.32 Å². The smallest absolute Gasteiger partial charge is 0.240 e. The number of thioether (sulfide) groups is 1.